The first kappa shape index (κ1) is 14.4. The maximum Gasteiger partial charge on any atom is 0.0750 e. The second-order valence-electron chi connectivity index (χ2n) is 5.41. The molecule has 3 nitrogen and oxygen atoms in total. The van der Waals surface area contributed by atoms with Gasteiger partial charge in [-0.15, -0.1) is 0 Å². The van der Waals surface area contributed by atoms with Gasteiger partial charge in [0.2, 0.25) is 0 Å². The Balaban J connectivity index is 2.04. The van der Waals surface area contributed by atoms with Crippen molar-refractivity contribution >= 4 is 5.69 Å². The molecule has 0 saturated carbocycles. The molecule has 1 unspecified atom stereocenters. The highest BCUT2D eigenvalue weighted by atomic mass is 16.5. The fourth-order valence-electron chi connectivity index (χ4n) is 2.78. The molecule has 2 N–H and O–H groups in total. The van der Waals surface area contributed by atoms with Crippen LogP contribution in [0.4, 0.5) is 5.69 Å². The molecule has 1 aliphatic rings. The molecule has 0 aromatic heterocycles. The number of rotatable bonds is 5. The zero-order valence-electron chi connectivity index (χ0n) is 12.2. The topological polar surface area (TPSA) is 38.5 Å². The second-order valence-corrected chi connectivity index (χ2v) is 5.41. The molecule has 0 bridgehead atoms. The van der Waals surface area contributed by atoms with E-state index >= 15 is 0 Å². The molecule has 2 rings (SSSR count). The molecule has 1 atom stereocenters. The van der Waals surface area contributed by atoms with Crippen LogP contribution in [0, 0.1) is 6.92 Å². The number of ether oxygens (including phenoxy) is 1. The predicted octanol–water partition coefficient (Wildman–Crippen LogP) is 2.85. The van der Waals surface area contributed by atoms with Crippen LogP contribution in [0.1, 0.15) is 37.3 Å². The summed E-state index contributed by atoms with van der Waals surface area (Å²) in [7, 11) is 0. The lowest BCUT2D eigenvalue weighted by molar-refractivity contribution is 0.0440. The molecule has 1 fully saturated rings. The minimum Gasteiger partial charge on any atom is -0.376 e. The minimum absolute atomic E-state index is 0.391. The van der Waals surface area contributed by atoms with E-state index in [2.05, 4.69) is 36.9 Å². The Morgan fingerprint density at radius 2 is 2.26 bits per heavy atom. The average molecular weight is 262 g/mol. The quantitative estimate of drug-likeness (QED) is 0.887. The highest BCUT2D eigenvalue weighted by molar-refractivity contribution is 5.54. The Morgan fingerprint density at radius 3 is 2.95 bits per heavy atom. The zero-order valence-corrected chi connectivity index (χ0v) is 12.2. The van der Waals surface area contributed by atoms with Crippen LogP contribution in [0.15, 0.2) is 18.2 Å². The number of nitrogens with zero attached hydrogens (tertiary/aromatic N) is 1. The van der Waals surface area contributed by atoms with Gasteiger partial charge in [-0.05, 0) is 43.4 Å². The van der Waals surface area contributed by atoms with Gasteiger partial charge in [-0.1, -0.05) is 19.1 Å². The first-order valence-electron chi connectivity index (χ1n) is 7.40. The summed E-state index contributed by atoms with van der Waals surface area (Å²) in [5, 5.41) is 0. The van der Waals surface area contributed by atoms with Crippen molar-refractivity contribution in [2.24, 2.45) is 5.73 Å². The SMILES string of the molecule is CCCOC1CCCN(c2ccc(CN)cc2C)C1. The van der Waals surface area contributed by atoms with E-state index in [-0.39, 0.29) is 0 Å². The molecule has 1 aliphatic heterocycles. The van der Waals surface area contributed by atoms with Crippen molar-refractivity contribution in [3.63, 3.8) is 0 Å². The van der Waals surface area contributed by atoms with Crippen LogP contribution in [-0.2, 0) is 11.3 Å². The van der Waals surface area contributed by atoms with Crippen molar-refractivity contribution in [3.8, 4) is 0 Å². The second kappa shape index (κ2) is 6.92. The minimum atomic E-state index is 0.391. The van der Waals surface area contributed by atoms with E-state index < -0.39 is 0 Å². The Labute approximate surface area is 116 Å². The monoisotopic (exact) mass is 262 g/mol. The molecule has 0 amide bonds. The number of aryl methyl sites for hydroxylation is 1. The molecule has 1 heterocycles. The van der Waals surface area contributed by atoms with Crippen molar-refractivity contribution in [1.29, 1.82) is 0 Å². The normalized spacial score (nSPS) is 19.7. The van der Waals surface area contributed by atoms with Crippen molar-refractivity contribution in [2.75, 3.05) is 24.6 Å². The Morgan fingerprint density at radius 1 is 1.42 bits per heavy atom. The summed E-state index contributed by atoms with van der Waals surface area (Å²) in [6, 6.07) is 6.55. The van der Waals surface area contributed by atoms with Crippen LogP contribution in [0.25, 0.3) is 0 Å². The maximum absolute atomic E-state index is 5.91. The molecular weight excluding hydrogens is 236 g/mol. The van der Waals surface area contributed by atoms with Crippen LogP contribution in [-0.4, -0.2) is 25.8 Å². The van der Waals surface area contributed by atoms with Crippen molar-refractivity contribution in [2.45, 2.75) is 45.8 Å². The van der Waals surface area contributed by atoms with E-state index in [0.717, 1.165) is 26.1 Å². The first-order valence-corrected chi connectivity index (χ1v) is 7.40. The standard InChI is InChI=1S/C16H26N2O/c1-3-9-19-15-5-4-8-18(12-15)16-7-6-14(11-17)10-13(16)2/h6-7,10,15H,3-5,8-9,11-12,17H2,1-2H3. The largest absolute Gasteiger partial charge is 0.376 e. The Kier molecular flexibility index (Phi) is 5.23. The molecule has 106 valence electrons. The van der Waals surface area contributed by atoms with Crippen LogP contribution < -0.4 is 10.6 Å². The van der Waals surface area contributed by atoms with E-state index in [1.54, 1.807) is 0 Å². The maximum atomic E-state index is 5.91. The van der Waals surface area contributed by atoms with Crippen molar-refractivity contribution in [3.05, 3.63) is 29.3 Å². The fraction of sp³-hybridized carbons (Fsp3) is 0.625. The molecule has 0 radical (unpaired) electrons. The Bertz CT molecular complexity index is 406. The molecular formula is C16H26N2O. The summed E-state index contributed by atoms with van der Waals surface area (Å²) in [4.78, 5) is 2.46. The van der Waals surface area contributed by atoms with Gasteiger partial charge in [-0.25, -0.2) is 0 Å². The molecule has 1 saturated heterocycles. The average Bonchev–Trinajstić information content (AvgIpc) is 2.45. The number of benzene rings is 1. The molecule has 0 aliphatic carbocycles. The smallest absolute Gasteiger partial charge is 0.0750 e. The summed E-state index contributed by atoms with van der Waals surface area (Å²) in [6.45, 7) is 7.98. The van der Waals surface area contributed by atoms with Crippen molar-refractivity contribution < 1.29 is 4.74 Å². The van der Waals surface area contributed by atoms with Gasteiger partial charge in [0.05, 0.1) is 6.10 Å². The van der Waals surface area contributed by atoms with Gasteiger partial charge < -0.3 is 15.4 Å². The van der Waals surface area contributed by atoms with Gasteiger partial charge in [0.25, 0.3) is 0 Å². The van der Waals surface area contributed by atoms with E-state index in [1.807, 2.05) is 0 Å². The van der Waals surface area contributed by atoms with E-state index in [0.29, 0.717) is 12.6 Å². The van der Waals surface area contributed by atoms with Gasteiger partial charge in [0.1, 0.15) is 0 Å². The third-order valence-electron chi connectivity index (χ3n) is 3.77. The molecule has 0 spiro atoms. The van der Waals surface area contributed by atoms with Gasteiger partial charge in [-0.2, -0.15) is 0 Å². The van der Waals surface area contributed by atoms with E-state index in [1.165, 1.54) is 29.7 Å². The van der Waals surface area contributed by atoms with Gasteiger partial charge >= 0.3 is 0 Å². The summed E-state index contributed by atoms with van der Waals surface area (Å²) in [5.74, 6) is 0. The molecule has 1 aromatic carbocycles. The lowest BCUT2D eigenvalue weighted by Gasteiger charge is -2.35. The van der Waals surface area contributed by atoms with Crippen LogP contribution in [0.2, 0.25) is 0 Å². The van der Waals surface area contributed by atoms with E-state index in [4.69, 9.17) is 10.5 Å². The Hall–Kier alpha value is -1.06. The molecule has 1 aromatic rings. The number of hydrogen-bond acceptors (Lipinski definition) is 3. The summed E-state index contributed by atoms with van der Waals surface area (Å²) in [6.07, 6.45) is 3.89. The number of nitrogens with two attached hydrogens (primary N) is 1. The molecule has 3 heteroatoms. The first-order chi connectivity index (χ1) is 9.24. The number of piperidine rings is 1. The van der Waals surface area contributed by atoms with Gasteiger partial charge in [0.15, 0.2) is 0 Å². The number of hydrogen-bond donors (Lipinski definition) is 1. The predicted molar refractivity (Wildman–Crippen MR) is 80.5 cm³/mol. The fourth-order valence-corrected chi connectivity index (χ4v) is 2.78. The number of anilines is 1. The van der Waals surface area contributed by atoms with Gasteiger partial charge in [-0.3, -0.25) is 0 Å². The summed E-state index contributed by atoms with van der Waals surface area (Å²) >= 11 is 0. The highest BCUT2D eigenvalue weighted by Crippen LogP contribution is 2.25. The zero-order chi connectivity index (χ0) is 13.7. The third-order valence-corrected chi connectivity index (χ3v) is 3.77. The lowest BCUT2D eigenvalue weighted by atomic mass is 10.0. The highest BCUT2D eigenvalue weighted by Gasteiger charge is 2.21. The van der Waals surface area contributed by atoms with Crippen molar-refractivity contribution in [1.82, 2.24) is 0 Å². The van der Waals surface area contributed by atoms with Crippen LogP contribution in [0.5, 0.6) is 0 Å². The summed E-state index contributed by atoms with van der Waals surface area (Å²) in [5.41, 5.74) is 9.55. The molecule has 19 heavy (non-hydrogen) atoms. The van der Waals surface area contributed by atoms with E-state index in [9.17, 15) is 0 Å². The van der Waals surface area contributed by atoms with Gasteiger partial charge in [0, 0.05) is 31.9 Å². The summed E-state index contributed by atoms with van der Waals surface area (Å²) < 4.78 is 5.91. The van der Waals surface area contributed by atoms with Crippen LogP contribution >= 0.6 is 0 Å². The lowest BCUT2D eigenvalue weighted by Crippen LogP contribution is -2.40. The van der Waals surface area contributed by atoms with Crippen LogP contribution in [0.3, 0.4) is 0 Å². The third kappa shape index (κ3) is 3.71.